The minimum Gasteiger partial charge on any atom is -0.488 e. The fourth-order valence-corrected chi connectivity index (χ4v) is 2.73. The second kappa shape index (κ2) is 6.15. The van der Waals surface area contributed by atoms with Gasteiger partial charge in [0.1, 0.15) is 11.9 Å². The van der Waals surface area contributed by atoms with Crippen molar-refractivity contribution in [3.05, 3.63) is 29.3 Å². The first-order valence-corrected chi connectivity index (χ1v) is 7.63. The first-order valence-electron chi connectivity index (χ1n) is 7.63. The van der Waals surface area contributed by atoms with Crippen LogP contribution in [0.25, 0.3) is 0 Å². The van der Waals surface area contributed by atoms with Gasteiger partial charge in [-0.15, -0.1) is 0 Å². The summed E-state index contributed by atoms with van der Waals surface area (Å²) in [6.07, 6.45) is 3.42. The molecule has 2 rings (SSSR count). The van der Waals surface area contributed by atoms with Gasteiger partial charge in [0.2, 0.25) is 0 Å². The molecule has 1 aliphatic rings. The number of hydroxylamine groups is 1. The van der Waals surface area contributed by atoms with Crippen molar-refractivity contribution < 1.29 is 9.57 Å². The summed E-state index contributed by atoms with van der Waals surface area (Å²) in [5.74, 6) is 0.994. The number of nitrogens with one attached hydrogen (secondary N) is 1. The number of fused-ring (bicyclic) bond motifs is 1. The average molecular weight is 277 g/mol. The molecule has 0 saturated heterocycles. The van der Waals surface area contributed by atoms with E-state index in [0.29, 0.717) is 0 Å². The van der Waals surface area contributed by atoms with E-state index in [9.17, 15) is 0 Å². The smallest absolute Gasteiger partial charge is 0.124 e. The molecule has 0 aromatic heterocycles. The third-order valence-corrected chi connectivity index (χ3v) is 4.48. The molecule has 2 unspecified atom stereocenters. The van der Waals surface area contributed by atoms with Crippen LogP contribution in [0.4, 0.5) is 0 Å². The lowest BCUT2D eigenvalue weighted by atomic mass is 9.81. The van der Waals surface area contributed by atoms with E-state index in [1.807, 2.05) is 0 Å². The lowest BCUT2D eigenvalue weighted by Crippen LogP contribution is -2.30. The summed E-state index contributed by atoms with van der Waals surface area (Å²) < 4.78 is 6.07. The SMILES string of the molecule is CCCC1Oc2ccc(C(C)(C)CC)cc2C1NOC. The summed E-state index contributed by atoms with van der Waals surface area (Å²) in [4.78, 5) is 5.18. The summed E-state index contributed by atoms with van der Waals surface area (Å²) in [5.41, 5.74) is 5.89. The first kappa shape index (κ1) is 15.3. The Hall–Kier alpha value is -1.06. The monoisotopic (exact) mass is 277 g/mol. The van der Waals surface area contributed by atoms with Gasteiger partial charge in [-0.2, -0.15) is 5.48 Å². The van der Waals surface area contributed by atoms with Crippen LogP contribution in [-0.4, -0.2) is 13.2 Å². The minimum atomic E-state index is 0.127. The van der Waals surface area contributed by atoms with Gasteiger partial charge in [0, 0.05) is 5.56 Å². The average Bonchev–Trinajstić information content (AvgIpc) is 2.77. The van der Waals surface area contributed by atoms with Crippen molar-refractivity contribution in [2.24, 2.45) is 0 Å². The van der Waals surface area contributed by atoms with Gasteiger partial charge in [0.15, 0.2) is 0 Å². The molecule has 1 aromatic carbocycles. The lowest BCUT2D eigenvalue weighted by Gasteiger charge is -2.24. The molecule has 1 aliphatic heterocycles. The van der Waals surface area contributed by atoms with Crippen LogP contribution in [-0.2, 0) is 10.3 Å². The Morgan fingerprint density at radius 1 is 1.30 bits per heavy atom. The number of rotatable bonds is 6. The van der Waals surface area contributed by atoms with Crippen LogP contribution >= 0.6 is 0 Å². The molecule has 1 heterocycles. The summed E-state index contributed by atoms with van der Waals surface area (Å²) in [6, 6.07) is 6.72. The third kappa shape index (κ3) is 2.84. The zero-order valence-electron chi connectivity index (χ0n) is 13.3. The maximum Gasteiger partial charge on any atom is 0.124 e. The molecular formula is C17H27NO2. The van der Waals surface area contributed by atoms with E-state index in [1.54, 1.807) is 7.11 Å². The van der Waals surface area contributed by atoms with Crippen LogP contribution < -0.4 is 10.2 Å². The fourth-order valence-electron chi connectivity index (χ4n) is 2.73. The van der Waals surface area contributed by atoms with Crippen LogP contribution in [0, 0.1) is 0 Å². The molecule has 112 valence electrons. The maximum atomic E-state index is 6.07. The molecule has 0 radical (unpaired) electrons. The summed E-state index contributed by atoms with van der Waals surface area (Å²) >= 11 is 0. The van der Waals surface area contributed by atoms with Gasteiger partial charge in [-0.25, -0.2) is 0 Å². The van der Waals surface area contributed by atoms with Crippen molar-refractivity contribution >= 4 is 0 Å². The molecule has 20 heavy (non-hydrogen) atoms. The molecule has 0 bridgehead atoms. The molecule has 3 heteroatoms. The van der Waals surface area contributed by atoms with E-state index >= 15 is 0 Å². The number of hydrogen-bond acceptors (Lipinski definition) is 3. The fraction of sp³-hybridized carbons (Fsp3) is 0.647. The Kier molecular flexibility index (Phi) is 4.71. The molecule has 0 spiro atoms. The molecule has 0 aliphatic carbocycles. The molecule has 0 saturated carbocycles. The highest BCUT2D eigenvalue weighted by Gasteiger charge is 2.35. The van der Waals surface area contributed by atoms with Gasteiger partial charge in [0.05, 0.1) is 13.2 Å². The van der Waals surface area contributed by atoms with Crippen molar-refractivity contribution in [1.29, 1.82) is 0 Å². The Bertz CT molecular complexity index is 456. The second-order valence-corrected chi connectivity index (χ2v) is 6.23. The number of hydrogen-bond donors (Lipinski definition) is 1. The number of benzene rings is 1. The largest absolute Gasteiger partial charge is 0.488 e. The molecule has 1 aromatic rings. The predicted molar refractivity (Wildman–Crippen MR) is 82.0 cm³/mol. The highest BCUT2D eigenvalue weighted by Crippen LogP contribution is 2.41. The normalized spacial score (nSPS) is 21.6. The predicted octanol–water partition coefficient (Wildman–Crippen LogP) is 4.13. The highest BCUT2D eigenvalue weighted by atomic mass is 16.6. The highest BCUT2D eigenvalue weighted by molar-refractivity contribution is 5.45. The third-order valence-electron chi connectivity index (χ3n) is 4.48. The molecule has 0 fully saturated rings. The van der Waals surface area contributed by atoms with Crippen molar-refractivity contribution in [1.82, 2.24) is 5.48 Å². The van der Waals surface area contributed by atoms with Crippen LogP contribution in [0.1, 0.15) is 64.1 Å². The molecule has 0 amide bonds. The first-order chi connectivity index (χ1) is 9.53. The van der Waals surface area contributed by atoms with Gasteiger partial charge in [-0.05, 0) is 36.0 Å². The Balaban J connectivity index is 2.34. The zero-order chi connectivity index (χ0) is 14.8. The van der Waals surface area contributed by atoms with Crippen LogP contribution in [0.3, 0.4) is 0 Å². The summed E-state index contributed by atoms with van der Waals surface area (Å²) in [7, 11) is 1.67. The van der Waals surface area contributed by atoms with Crippen molar-refractivity contribution in [2.75, 3.05) is 7.11 Å². The van der Waals surface area contributed by atoms with E-state index in [0.717, 1.165) is 25.0 Å². The van der Waals surface area contributed by atoms with E-state index in [-0.39, 0.29) is 17.6 Å². The molecular weight excluding hydrogens is 250 g/mol. The topological polar surface area (TPSA) is 30.5 Å². The quantitative estimate of drug-likeness (QED) is 0.793. The van der Waals surface area contributed by atoms with Gasteiger partial charge in [-0.1, -0.05) is 40.2 Å². The van der Waals surface area contributed by atoms with Gasteiger partial charge in [-0.3, -0.25) is 0 Å². The minimum absolute atomic E-state index is 0.127. The van der Waals surface area contributed by atoms with Crippen molar-refractivity contribution in [3.8, 4) is 5.75 Å². The van der Waals surface area contributed by atoms with E-state index in [4.69, 9.17) is 9.57 Å². The second-order valence-electron chi connectivity index (χ2n) is 6.23. The van der Waals surface area contributed by atoms with E-state index in [1.165, 1.54) is 11.1 Å². The molecule has 2 atom stereocenters. The van der Waals surface area contributed by atoms with Crippen LogP contribution in [0.15, 0.2) is 18.2 Å². The van der Waals surface area contributed by atoms with Crippen LogP contribution in [0.5, 0.6) is 5.75 Å². The molecule has 1 N–H and O–H groups in total. The number of ether oxygens (including phenoxy) is 1. The van der Waals surface area contributed by atoms with E-state index in [2.05, 4.69) is 51.4 Å². The van der Waals surface area contributed by atoms with E-state index < -0.39 is 0 Å². The van der Waals surface area contributed by atoms with Gasteiger partial charge >= 0.3 is 0 Å². The summed E-state index contributed by atoms with van der Waals surface area (Å²) in [6.45, 7) is 8.98. The maximum absolute atomic E-state index is 6.07. The van der Waals surface area contributed by atoms with Gasteiger partial charge < -0.3 is 9.57 Å². The lowest BCUT2D eigenvalue weighted by molar-refractivity contribution is 0.0269. The standard InChI is InChI=1S/C17H27NO2/c1-6-8-15-16(18-19-5)13-11-12(17(3,4)7-2)9-10-14(13)20-15/h9-11,15-16,18H,6-8H2,1-5H3. The van der Waals surface area contributed by atoms with Gasteiger partial charge in [0.25, 0.3) is 0 Å². The van der Waals surface area contributed by atoms with Crippen molar-refractivity contribution in [3.63, 3.8) is 0 Å². The zero-order valence-corrected chi connectivity index (χ0v) is 13.3. The Labute approximate surface area is 122 Å². The van der Waals surface area contributed by atoms with Crippen LogP contribution in [0.2, 0.25) is 0 Å². The molecule has 3 nitrogen and oxygen atoms in total. The van der Waals surface area contributed by atoms with Crippen molar-refractivity contribution in [2.45, 2.75) is 64.5 Å². The summed E-state index contributed by atoms with van der Waals surface area (Å²) in [5, 5.41) is 0. The Morgan fingerprint density at radius 3 is 2.65 bits per heavy atom. The Morgan fingerprint density at radius 2 is 2.05 bits per heavy atom.